The van der Waals surface area contributed by atoms with E-state index in [2.05, 4.69) is 11.1 Å². The first-order valence-electron chi connectivity index (χ1n) is 10.5. The molecule has 5 nitrogen and oxygen atoms in total. The third-order valence-electron chi connectivity index (χ3n) is 7.04. The molecule has 0 radical (unpaired) electrons. The van der Waals surface area contributed by atoms with Crippen LogP contribution in [0, 0.1) is 0 Å². The first-order valence-corrected chi connectivity index (χ1v) is 10.8. The van der Waals surface area contributed by atoms with Crippen LogP contribution in [0.1, 0.15) is 42.5 Å². The summed E-state index contributed by atoms with van der Waals surface area (Å²) in [5.41, 5.74) is 2.84. The summed E-state index contributed by atoms with van der Waals surface area (Å²) < 4.78 is 0. The van der Waals surface area contributed by atoms with Gasteiger partial charge in [-0.05, 0) is 43.0 Å². The maximum Gasteiger partial charge on any atom is 0.255 e. The zero-order valence-corrected chi connectivity index (χ0v) is 17.4. The molecule has 3 heterocycles. The van der Waals surface area contributed by atoms with Gasteiger partial charge in [-0.1, -0.05) is 48.0 Å². The van der Waals surface area contributed by atoms with Crippen molar-refractivity contribution in [1.29, 1.82) is 0 Å². The van der Waals surface area contributed by atoms with Gasteiger partial charge in [-0.25, -0.2) is 0 Å². The van der Waals surface area contributed by atoms with Crippen LogP contribution in [-0.2, 0) is 15.1 Å². The largest absolute Gasteiger partial charge is 0.356 e. The molecule has 2 aromatic carbocycles. The highest BCUT2D eigenvalue weighted by Crippen LogP contribution is 2.50. The lowest BCUT2D eigenvalue weighted by atomic mass is 9.76. The average molecular weight is 420 g/mol. The summed E-state index contributed by atoms with van der Waals surface area (Å²) in [6.45, 7) is 2.51. The van der Waals surface area contributed by atoms with Gasteiger partial charge in [-0.15, -0.1) is 0 Å². The Morgan fingerprint density at radius 3 is 2.57 bits per heavy atom. The first-order chi connectivity index (χ1) is 14.5. The zero-order chi connectivity index (χ0) is 20.6. The highest BCUT2D eigenvalue weighted by Gasteiger charge is 2.58. The van der Waals surface area contributed by atoms with Gasteiger partial charge in [0.25, 0.3) is 5.91 Å². The molecule has 1 N–H and O–H groups in total. The summed E-state index contributed by atoms with van der Waals surface area (Å²) in [6.07, 6.45) is 1.97. The molecule has 3 aromatic rings. The number of halogens is 1. The van der Waals surface area contributed by atoms with Crippen molar-refractivity contribution in [1.82, 2.24) is 14.8 Å². The molecule has 6 rings (SSSR count). The number of hydrogen-bond acceptors (Lipinski definition) is 2. The summed E-state index contributed by atoms with van der Waals surface area (Å²) in [5, 5.41) is 1.76. The molecule has 1 saturated carbocycles. The van der Waals surface area contributed by atoms with Crippen LogP contribution < -0.4 is 0 Å². The topological polar surface area (TPSA) is 56.4 Å². The fourth-order valence-electron chi connectivity index (χ4n) is 5.35. The fraction of sp³-hybridized carbons (Fsp3) is 0.333. The van der Waals surface area contributed by atoms with Crippen molar-refractivity contribution in [3.63, 3.8) is 0 Å². The van der Waals surface area contributed by atoms with Gasteiger partial charge in [0.15, 0.2) is 5.54 Å². The highest BCUT2D eigenvalue weighted by atomic mass is 35.5. The smallest absolute Gasteiger partial charge is 0.255 e. The van der Waals surface area contributed by atoms with Crippen LogP contribution in [0.4, 0.5) is 0 Å². The average Bonchev–Trinajstić information content (AvgIpc) is 3.51. The van der Waals surface area contributed by atoms with Gasteiger partial charge < -0.3 is 14.8 Å². The lowest BCUT2D eigenvalue weighted by Gasteiger charge is -2.51. The number of carbonyl (C=O) groups is 2. The maximum atomic E-state index is 13.7. The minimum atomic E-state index is -1.02. The molecule has 2 fully saturated rings. The molecule has 1 saturated heterocycles. The number of H-pyrrole nitrogens is 1. The number of para-hydroxylation sites is 1. The van der Waals surface area contributed by atoms with Crippen LogP contribution in [0.15, 0.2) is 48.5 Å². The Labute approximate surface area is 179 Å². The van der Waals surface area contributed by atoms with Gasteiger partial charge in [-0.3, -0.25) is 9.59 Å². The Morgan fingerprint density at radius 1 is 1.07 bits per heavy atom. The Morgan fingerprint density at radius 2 is 1.80 bits per heavy atom. The fourth-order valence-corrected chi connectivity index (χ4v) is 5.62. The van der Waals surface area contributed by atoms with Gasteiger partial charge in [0.1, 0.15) is 6.54 Å². The summed E-state index contributed by atoms with van der Waals surface area (Å²) >= 11 is 6.60. The third kappa shape index (κ3) is 2.30. The van der Waals surface area contributed by atoms with E-state index < -0.39 is 5.54 Å². The summed E-state index contributed by atoms with van der Waals surface area (Å²) in [6, 6.07) is 16.1. The highest BCUT2D eigenvalue weighted by molar-refractivity contribution is 6.31. The molecule has 3 aliphatic rings. The van der Waals surface area contributed by atoms with Crippen molar-refractivity contribution in [3.05, 3.63) is 70.4 Å². The van der Waals surface area contributed by atoms with Gasteiger partial charge in [0.05, 0.1) is 5.69 Å². The van der Waals surface area contributed by atoms with Crippen LogP contribution in [0.5, 0.6) is 0 Å². The molecular formula is C24H22ClN3O2. The number of aromatic amines is 1. The number of nitrogens with one attached hydrogen (secondary N) is 1. The van der Waals surface area contributed by atoms with Gasteiger partial charge in [0, 0.05) is 34.4 Å². The van der Waals surface area contributed by atoms with Crippen LogP contribution in [0.2, 0.25) is 5.02 Å². The lowest BCUT2D eigenvalue weighted by Crippen LogP contribution is -2.67. The minimum Gasteiger partial charge on any atom is -0.356 e. The molecule has 6 heteroatoms. The van der Waals surface area contributed by atoms with E-state index in [-0.39, 0.29) is 30.3 Å². The van der Waals surface area contributed by atoms with Crippen molar-refractivity contribution in [3.8, 4) is 0 Å². The molecule has 0 spiro atoms. The molecule has 1 aromatic heterocycles. The van der Waals surface area contributed by atoms with Crippen LogP contribution >= 0.6 is 11.6 Å². The number of fused-ring (bicyclic) bond motifs is 5. The van der Waals surface area contributed by atoms with Crippen LogP contribution in [-0.4, -0.2) is 45.7 Å². The van der Waals surface area contributed by atoms with E-state index in [0.717, 1.165) is 40.6 Å². The van der Waals surface area contributed by atoms with E-state index in [1.807, 2.05) is 49.4 Å². The predicted molar refractivity (Wildman–Crippen MR) is 115 cm³/mol. The number of benzene rings is 2. The van der Waals surface area contributed by atoms with Gasteiger partial charge >= 0.3 is 0 Å². The number of piperazine rings is 1. The predicted octanol–water partition coefficient (Wildman–Crippen LogP) is 4.02. The molecule has 2 aliphatic heterocycles. The molecule has 0 bridgehead atoms. The maximum absolute atomic E-state index is 13.7. The minimum absolute atomic E-state index is 0.00496. The van der Waals surface area contributed by atoms with Crippen molar-refractivity contribution in [2.24, 2.45) is 0 Å². The lowest BCUT2D eigenvalue weighted by molar-refractivity contribution is -0.166. The van der Waals surface area contributed by atoms with Crippen molar-refractivity contribution >= 4 is 34.3 Å². The van der Waals surface area contributed by atoms with Crippen molar-refractivity contribution < 1.29 is 9.59 Å². The SMILES string of the molecule is C[C@@]12C(=O)N(C3CC3)CC(=O)N1C[C@@H](c1ccccc1Cl)c1c2[nH]c2ccccc12. The number of hydrogen-bond donors (Lipinski definition) is 1. The standard InChI is InChI=1S/C24H22ClN3O2/c1-24-22-21(16-7-3-5-9-19(16)26-22)17(15-6-2-4-8-18(15)25)12-28(24)20(29)13-27(23(24)30)14-10-11-14/h2-9,14,17,26H,10-13H2,1H3/t17-,24+/m0/s1. The van der Waals surface area contributed by atoms with Crippen LogP contribution in [0.25, 0.3) is 10.9 Å². The number of carbonyl (C=O) groups excluding carboxylic acids is 2. The second-order valence-electron chi connectivity index (χ2n) is 8.77. The van der Waals surface area contributed by atoms with E-state index >= 15 is 0 Å². The van der Waals surface area contributed by atoms with E-state index in [9.17, 15) is 9.59 Å². The third-order valence-corrected chi connectivity index (χ3v) is 7.38. The molecule has 1 aliphatic carbocycles. The molecule has 152 valence electrons. The second kappa shape index (κ2) is 6.11. The Bertz CT molecular complexity index is 1210. The van der Waals surface area contributed by atoms with E-state index in [1.165, 1.54) is 0 Å². The Hall–Kier alpha value is -2.79. The van der Waals surface area contributed by atoms with E-state index in [1.54, 1.807) is 9.80 Å². The monoisotopic (exact) mass is 419 g/mol. The number of rotatable bonds is 2. The summed E-state index contributed by atoms with van der Waals surface area (Å²) in [7, 11) is 0. The molecule has 2 atom stereocenters. The van der Waals surface area contributed by atoms with Crippen molar-refractivity contribution in [2.45, 2.75) is 37.3 Å². The zero-order valence-electron chi connectivity index (χ0n) is 16.7. The van der Waals surface area contributed by atoms with Crippen molar-refractivity contribution in [2.75, 3.05) is 13.1 Å². The molecule has 30 heavy (non-hydrogen) atoms. The van der Waals surface area contributed by atoms with Gasteiger partial charge in [-0.2, -0.15) is 0 Å². The molecule has 2 amide bonds. The number of amides is 2. The first kappa shape index (κ1) is 18.0. The van der Waals surface area contributed by atoms with Crippen LogP contribution in [0.3, 0.4) is 0 Å². The number of aromatic nitrogens is 1. The normalized spacial score (nSPS) is 26.1. The number of nitrogens with zero attached hydrogens (tertiary/aromatic N) is 2. The van der Waals surface area contributed by atoms with Gasteiger partial charge in [0.2, 0.25) is 5.91 Å². The quantitative estimate of drug-likeness (QED) is 0.682. The Balaban J connectivity index is 1.62. The summed E-state index contributed by atoms with van der Waals surface area (Å²) in [5.74, 6) is -0.0671. The van der Waals surface area contributed by atoms with E-state index in [4.69, 9.17) is 11.6 Å². The van der Waals surface area contributed by atoms with E-state index in [0.29, 0.717) is 11.6 Å². The second-order valence-corrected chi connectivity index (χ2v) is 9.18. The molecule has 0 unspecified atom stereocenters. The molecular weight excluding hydrogens is 398 g/mol. The Kier molecular flexibility index (Phi) is 3.67. The summed E-state index contributed by atoms with van der Waals surface area (Å²) in [4.78, 5) is 34.1.